The van der Waals surface area contributed by atoms with Crippen LogP contribution in [0, 0.1) is 0 Å². The van der Waals surface area contributed by atoms with Gasteiger partial charge < -0.3 is 4.55 Å². The zero-order valence-electron chi connectivity index (χ0n) is 20.8. The van der Waals surface area contributed by atoms with E-state index in [4.69, 9.17) is 0 Å². The summed E-state index contributed by atoms with van der Waals surface area (Å²) in [4.78, 5) is 17.9. The van der Waals surface area contributed by atoms with Crippen LogP contribution in [-0.4, -0.2) is 51.3 Å². The molecule has 0 fully saturated rings. The molecule has 0 saturated heterocycles. The molecule has 1 rings (SSSR count). The summed E-state index contributed by atoms with van der Waals surface area (Å²) in [5.74, 6) is 1.13. The van der Waals surface area contributed by atoms with E-state index in [9.17, 15) is 17.8 Å². The number of hydrogen-bond acceptors (Lipinski definition) is 6. The lowest BCUT2D eigenvalue weighted by molar-refractivity contribution is -0.793. The Balaban J connectivity index is 0.00000140. The highest BCUT2D eigenvalue weighted by Gasteiger charge is 2.27. The molecule has 0 aromatic carbocycles. The first kappa shape index (κ1) is 31.2. The van der Waals surface area contributed by atoms with Crippen molar-refractivity contribution in [1.29, 1.82) is 0 Å². The Bertz CT molecular complexity index is 593. The first-order chi connectivity index (χ1) is 15.4. The number of unbranched alkanes of at least 4 members (excludes halogenated alkanes) is 14. The first-order valence-corrected chi connectivity index (χ1v) is 14.1. The Hall–Kier alpha value is -0.830. The summed E-state index contributed by atoms with van der Waals surface area (Å²) in [5, 5.41) is 0. The van der Waals surface area contributed by atoms with Crippen LogP contribution in [0.4, 0.5) is 0 Å². The number of Topliss-reactive ketones (excluding diaryl/α,β-unsaturated/α-hetero) is 1. The molecule has 1 unspecified atom stereocenters. The van der Waals surface area contributed by atoms with Gasteiger partial charge in [-0.05, 0) is 13.3 Å². The number of ketones is 1. The molecule has 0 spiro atoms. The molecule has 0 aromatic heterocycles. The molecular weight excluding hydrogens is 428 g/mol. The highest BCUT2D eigenvalue weighted by molar-refractivity contribution is 7.80. The second-order valence-electron chi connectivity index (χ2n) is 8.64. The second-order valence-corrected chi connectivity index (χ2v) is 9.79. The summed E-state index contributed by atoms with van der Waals surface area (Å²) in [7, 11) is -3.60. The maximum Gasteiger partial charge on any atom is 0.265 e. The Morgan fingerprint density at radius 2 is 1.28 bits per heavy atom. The largest absolute Gasteiger partial charge is 0.726 e. The van der Waals surface area contributed by atoms with E-state index in [0.717, 1.165) is 39.0 Å². The van der Waals surface area contributed by atoms with Crippen molar-refractivity contribution in [3.8, 4) is 0 Å². The van der Waals surface area contributed by atoms with Gasteiger partial charge in [0.25, 0.3) is 5.84 Å². The second kappa shape index (κ2) is 20.8. The van der Waals surface area contributed by atoms with E-state index in [2.05, 4.69) is 23.0 Å². The van der Waals surface area contributed by atoms with Crippen molar-refractivity contribution in [1.82, 2.24) is 0 Å². The summed E-state index contributed by atoms with van der Waals surface area (Å²) in [5.41, 5.74) is 0. The Kier molecular flexibility index (Phi) is 20.2. The maximum atomic E-state index is 12.2. The molecule has 0 bridgehead atoms. The van der Waals surface area contributed by atoms with Gasteiger partial charge in [0, 0.05) is 6.42 Å². The van der Waals surface area contributed by atoms with Crippen LogP contribution in [0.15, 0.2) is 4.99 Å². The van der Waals surface area contributed by atoms with Crippen molar-refractivity contribution >= 4 is 22.0 Å². The molecule has 1 N–H and O–H groups in total. The SMILES string of the molecule is CCCCCCCCCCCCCCCCCC(=O)C1=NCC[NH+]1CC.COS(=O)(=O)[O-]. The Morgan fingerprint density at radius 3 is 1.66 bits per heavy atom. The third-order valence-electron chi connectivity index (χ3n) is 5.92. The van der Waals surface area contributed by atoms with Crippen molar-refractivity contribution in [3.05, 3.63) is 0 Å². The lowest BCUT2D eigenvalue weighted by Crippen LogP contribution is -3.14. The summed E-state index contributed by atoms with van der Waals surface area (Å²) in [6, 6.07) is 0. The normalized spacial score (nSPS) is 15.9. The monoisotopic (exact) mass is 476 g/mol. The summed E-state index contributed by atoms with van der Waals surface area (Å²) in [6.45, 7) is 7.26. The predicted octanol–water partition coefficient (Wildman–Crippen LogP) is 4.23. The van der Waals surface area contributed by atoms with Gasteiger partial charge >= 0.3 is 0 Å². The van der Waals surface area contributed by atoms with Crippen molar-refractivity contribution in [2.45, 2.75) is 117 Å². The molecule has 0 saturated carbocycles. The molecule has 7 nitrogen and oxygen atoms in total. The van der Waals surface area contributed by atoms with Crippen molar-refractivity contribution in [3.63, 3.8) is 0 Å². The minimum Gasteiger partial charge on any atom is -0.726 e. The number of carbonyl (C=O) groups excluding carboxylic acids is 1. The first-order valence-electron chi connectivity index (χ1n) is 12.8. The van der Waals surface area contributed by atoms with Gasteiger partial charge in [-0.2, -0.15) is 0 Å². The highest BCUT2D eigenvalue weighted by atomic mass is 32.3. The van der Waals surface area contributed by atoms with Crippen molar-refractivity contribution in [2.75, 3.05) is 26.7 Å². The fourth-order valence-corrected chi connectivity index (χ4v) is 3.94. The van der Waals surface area contributed by atoms with Gasteiger partial charge in [0.15, 0.2) is 0 Å². The quantitative estimate of drug-likeness (QED) is 0.171. The smallest absolute Gasteiger partial charge is 0.265 e. The van der Waals surface area contributed by atoms with Crippen molar-refractivity contribution in [2.24, 2.45) is 4.99 Å². The zero-order valence-corrected chi connectivity index (χ0v) is 21.6. The fourth-order valence-electron chi connectivity index (χ4n) is 3.94. The molecule has 1 aliphatic rings. The minimum absolute atomic E-state index is 0.300. The number of nitrogens with one attached hydrogen (secondary N) is 1. The average molecular weight is 477 g/mol. The van der Waals surface area contributed by atoms with Crippen LogP contribution in [0.1, 0.15) is 117 Å². The number of rotatable bonds is 19. The maximum absolute atomic E-state index is 12.2. The zero-order chi connectivity index (χ0) is 24.1. The van der Waals surface area contributed by atoms with E-state index in [1.807, 2.05) is 0 Å². The number of quaternary nitrogens is 1. The van der Waals surface area contributed by atoms with E-state index in [-0.39, 0.29) is 0 Å². The molecule has 0 aromatic rings. The van der Waals surface area contributed by atoms with Gasteiger partial charge in [-0.1, -0.05) is 96.8 Å². The third-order valence-corrected chi connectivity index (χ3v) is 6.33. The molecule has 1 aliphatic heterocycles. The van der Waals surface area contributed by atoms with Crippen LogP contribution in [0.3, 0.4) is 0 Å². The number of aliphatic imine (C=N–C) groups is 1. The van der Waals surface area contributed by atoms with Gasteiger partial charge in [0.2, 0.25) is 16.2 Å². The molecule has 1 atom stereocenters. The lowest BCUT2D eigenvalue weighted by Gasteiger charge is -2.10. The molecule has 0 radical (unpaired) electrons. The van der Waals surface area contributed by atoms with E-state index >= 15 is 0 Å². The van der Waals surface area contributed by atoms with E-state index in [1.165, 1.54) is 94.8 Å². The molecule has 32 heavy (non-hydrogen) atoms. The molecule has 0 amide bonds. The average Bonchev–Trinajstić information content (AvgIpc) is 3.25. The Morgan fingerprint density at radius 1 is 0.875 bits per heavy atom. The van der Waals surface area contributed by atoms with Crippen LogP contribution in [-0.2, 0) is 19.4 Å². The van der Waals surface area contributed by atoms with Crippen LogP contribution in [0.5, 0.6) is 0 Å². The number of amidine groups is 1. The number of hydrogen-bond donors (Lipinski definition) is 1. The molecule has 0 aliphatic carbocycles. The van der Waals surface area contributed by atoms with E-state index in [1.54, 1.807) is 0 Å². The molecule has 8 heteroatoms. The van der Waals surface area contributed by atoms with Crippen LogP contribution < -0.4 is 4.90 Å². The standard InChI is InChI=1S/C23H44N2O.CH4O4S/c1-3-5-6-7-8-9-10-11-12-13-14-15-16-17-18-19-22(26)23-24-20-21-25(23)4-2;1-5-6(2,3)4/h3-21H2,1-2H3;1H3,(H,2,3,4). The van der Waals surface area contributed by atoms with Crippen molar-refractivity contribution < 1.29 is 26.8 Å². The molecular formula is C24H48N2O5S. The summed E-state index contributed by atoms with van der Waals surface area (Å²) >= 11 is 0. The van der Waals surface area contributed by atoms with Crippen LogP contribution in [0.2, 0.25) is 0 Å². The van der Waals surface area contributed by atoms with Crippen LogP contribution in [0.25, 0.3) is 0 Å². The number of likely N-dealkylation sites (N-methyl/N-ethyl adjacent to an activating group) is 1. The molecule has 1 heterocycles. The number of carbonyl (C=O) groups is 1. The van der Waals surface area contributed by atoms with E-state index < -0.39 is 10.4 Å². The van der Waals surface area contributed by atoms with Gasteiger partial charge in [-0.3, -0.25) is 13.9 Å². The third kappa shape index (κ3) is 18.7. The minimum atomic E-state index is -4.41. The van der Waals surface area contributed by atoms with E-state index in [0.29, 0.717) is 12.2 Å². The summed E-state index contributed by atoms with van der Waals surface area (Å²) in [6.07, 6.45) is 21.2. The Labute approximate surface area is 197 Å². The van der Waals surface area contributed by atoms with Gasteiger partial charge in [-0.25, -0.2) is 13.4 Å². The predicted molar refractivity (Wildman–Crippen MR) is 130 cm³/mol. The van der Waals surface area contributed by atoms with Gasteiger partial charge in [0.1, 0.15) is 6.54 Å². The lowest BCUT2D eigenvalue weighted by atomic mass is 10.0. The van der Waals surface area contributed by atoms with Crippen LogP contribution >= 0.6 is 0 Å². The van der Waals surface area contributed by atoms with Gasteiger partial charge in [-0.15, -0.1) is 0 Å². The summed E-state index contributed by atoms with van der Waals surface area (Å²) < 4.78 is 31.0. The highest BCUT2D eigenvalue weighted by Crippen LogP contribution is 2.13. The van der Waals surface area contributed by atoms with Gasteiger partial charge in [0.05, 0.1) is 20.2 Å². The molecule has 190 valence electrons. The fraction of sp³-hybridized carbons (Fsp3) is 0.917. The number of nitrogens with zero attached hydrogens (tertiary/aromatic N) is 1. The topological polar surface area (TPSA) is 100 Å².